The third-order valence-electron chi connectivity index (χ3n) is 6.63. The Morgan fingerprint density at radius 3 is 2.49 bits per heavy atom. The van der Waals surface area contributed by atoms with Crippen LogP contribution in [0.4, 0.5) is 13.2 Å². The number of allylic oxidation sites excluding steroid dienone is 1. The van der Waals surface area contributed by atoms with Crippen molar-refractivity contribution in [1.82, 2.24) is 25.5 Å². The number of ether oxygens (including phenoxy) is 1. The number of carbonyl (C=O) groups is 2. The summed E-state index contributed by atoms with van der Waals surface area (Å²) in [6.45, 7) is 0. The predicted octanol–water partition coefficient (Wildman–Crippen LogP) is 6.13. The average Bonchev–Trinajstić information content (AvgIpc) is 3.45. The molecule has 0 unspecified atom stereocenters. The van der Waals surface area contributed by atoms with Crippen molar-refractivity contribution < 1.29 is 32.6 Å². The van der Waals surface area contributed by atoms with Gasteiger partial charge in [-0.05, 0) is 61.6 Å². The van der Waals surface area contributed by atoms with Gasteiger partial charge in [0.25, 0.3) is 5.91 Å². The van der Waals surface area contributed by atoms with E-state index in [2.05, 4.69) is 31.6 Å². The number of nitrogens with zero attached hydrogens (tertiary/aromatic N) is 3. The standard InChI is InChI=1S/C29H24F3N5O4/c30-29(31,32)20-7-11-25(34-15-20)41-22-3-1-2-18(13-22)12-17-4-8-21(9-5-17)36-27(38)19-6-10-24(33-14-19)23-16-35-37-26(23)28(39)40/h1-3,6-7,10-16,21H,4-5,8-9H2,(H,35,37)(H,36,38)(H,39,40). The summed E-state index contributed by atoms with van der Waals surface area (Å²) >= 11 is 0. The highest BCUT2D eigenvalue weighted by Gasteiger charge is 2.30. The molecule has 0 radical (unpaired) electrons. The van der Waals surface area contributed by atoms with Crippen molar-refractivity contribution in [3.05, 3.63) is 95.1 Å². The minimum atomic E-state index is -4.46. The van der Waals surface area contributed by atoms with Crippen LogP contribution >= 0.6 is 0 Å². The third-order valence-corrected chi connectivity index (χ3v) is 6.63. The van der Waals surface area contributed by atoms with Gasteiger partial charge in [0.05, 0.1) is 28.6 Å². The largest absolute Gasteiger partial charge is 0.477 e. The molecule has 210 valence electrons. The molecule has 0 atom stereocenters. The number of pyridine rings is 2. The van der Waals surface area contributed by atoms with Gasteiger partial charge in [-0.2, -0.15) is 18.3 Å². The van der Waals surface area contributed by atoms with Crippen LogP contribution in [0.5, 0.6) is 11.6 Å². The topological polar surface area (TPSA) is 130 Å². The van der Waals surface area contributed by atoms with Gasteiger partial charge in [0.15, 0.2) is 5.69 Å². The first-order valence-corrected chi connectivity index (χ1v) is 12.7. The second-order valence-electron chi connectivity index (χ2n) is 9.50. The number of halogens is 3. The summed E-state index contributed by atoms with van der Waals surface area (Å²) in [5.41, 5.74) is 2.29. The fraction of sp³-hybridized carbons (Fsp3) is 0.207. The van der Waals surface area contributed by atoms with Gasteiger partial charge in [0.2, 0.25) is 5.88 Å². The Bertz CT molecular complexity index is 1570. The van der Waals surface area contributed by atoms with E-state index in [0.29, 0.717) is 22.6 Å². The van der Waals surface area contributed by atoms with Gasteiger partial charge < -0.3 is 15.2 Å². The van der Waals surface area contributed by atoms with Crippen LogP contribution in [0.2, 0.25) is 0 Å². The molecule has 9 nitrogen and oxygen atoms in total. The van der Waals surface area contributed by atoms with Gasteiger partial charge in [-0.1, -0.05) is 23.8 Å². The lowest BCUT2D eigenvalue weighted by Crippen LogP contribution is -2.36. The minimum absolute atomic E-state index is 0.00720. The molecule has 0 bridgehead atoms. The summed E-state index contributed by atoms with van der Waals surface area (Å²) in [7, 11) is 0. The monoisotopic (exact) mass is 563 g/mol. The number of rotatable bonds is 7. The first kappa shape index (κ1) is 27.6. The molecule has 3 N–H and O–H groups in total. The van der Waals surface area contributed by atoms with Crippen LogP contribution in [-0.2, 0) is 6.18 Å². The van der Waals surface area contributed by atoms with Crippen LogP contribution in [0.1, 0.15) is 57.7 Å². The van der Waals surface area contributed by atoms with Crippen molar-refractivity contribution >= 4 is 18.0 Å². The van der Waals surface area contributed by atoms with Crippen molar-refractivity contribution in [3.63, 3.8) is 0 Å². The number of hydrogen-bond acceptors (Lipinski definition) is 6. The highest BCUT2D eigenvalue weighted by Crippen LogP contribution is 2.31. The molecule has 41 heavy (non-hydrogen) atoms. The molecule has 4 aromatic rings. The number of alkyl halides is 3. The molecule has 3 heterocycles. The summed E-state index contributed by atoms with van der Waals surface area (Å²) in [5, 5.41) is 18.4. The number of carboxylic acids is 1. The molecule has 1 aliphatic rings. The van der Waals surface area contributed by atoms with Crippen LogP contribution in [0, 0.1) is 0 Å². The number of H-pyrrole nitrogens is 1. The normalized spacial score (nSPS) is 15.3. The zero-order chi connectivity index (χ0) is 29.0. The second kappa shape index (κ2) is 11.6. The number of aromatic amines is 1. The van der Waals surface area contributed by atoms with Gasteiger partial charge in [-0.25, -0.2) is 9.78 Å². The highest BCUT2D eigenvalue weighted by molar-refractivity contribution is 5.95. The molecule has 1 aliphatic carbocycles. The summed E-state index contributed by atoms with van der Waals surface area (Å²) in [5.74, 6) is -0.883. The lowest BCUT2D eigenvalue weighted by Gasteiger charge is -2.25. The fourth-order valence-corrected chi connectivity index (χ4v) is 4.51. The molecule has 1 amide bonds. The smallest absolute Gasteiger partial charge is 0.417 e. The number of carbonyl (C=O) groups excluding carboxylic acids is 1. The van der Waals surface area contributed by atoms with Gasteiger partial charge in [0, 0.05) is 24.5 Å². The van der Waals surface area contributed by atoms with E-state index in [1.54, 1.807) is 30.3 Å². The van der Waals surface area contributed by atoms with E-state index >= 15 is 0 Å². The number of hydrogen-bond donors (Lipinski definition) is 3. The maximum atomic E-state index is 12.8. The van der Waals surface area contributed by atoms with E-state index in [0.717, 1.165) is 43.5 Å². The van der Waals surface area contributed by atoms with Crippen LogP contribution in [0.25, 0.3) is 17.3 Å². The van der Waals surface area contributed by atoms with E-state index in [1.807, 2.05) is 6.07 Å². The molecule has 1 aromatic carbocycles. The van der Waals surface area contributed by atoms with Crippen molar-refractivity contribution in [2.45, 2.75) is 37.9 Å². The molecule has 1 fully saturated rings. The zero-order valence-corrected chi connectivity index (χ0v) is 21.5. The maximum absolute atomic E-state index is 12.8. The Hall–Kier alpha value is -5.00. The molecule has 1 saturated carbocycles. The van der Waals surface area contributed by atoms with Crippen molar-refractivity contribution in [2.24, 2.45) is 0 Å². The molecule has 3 aromatic heterocycles. The van der Waals surface area contributed by atoms with Gasteiger partial charge in [-0.3, -0.25) is 14.9 Å². The summed E-state index contributed by atoms with van der Waals surface area (Å²) in [6, 6.07) is 12.5. The summed E-state index contributed by atoms with van der Waals surface area (Å²) < 4.78 is 43.9. The first-order chi connectivity index (χ1) is 19.7. The lowest BCUT2D eigenvalue weighted by molar-refractivity contribution is -0.137. The third kappa shape index (κ3) is 6.78. The number of aromatic carboxylic acids is 1. The Morgan fingerprint density at radius 1 is 1.02 bits per heavy atom. The van der Waals surface area contributed by atoms with Gasteiger partial charge >= 0.3 is 12.1 Å². The minimum Gasteiger partial charge on any atom is -0.477 e. The van der Waals surface area contributed by atoms with Crippen LogP contribution < -0.4 is 10.1 Å². The van der Waals surface area contributed by atoms with E-state index in [9.17, 15) is 27.9 Å². The van der Waals surface area contributed by atoms with Crippen molar-refractivity contribution in [2.75, 3.05) is 0 Å². The fourth-order valence-electron chi connectivity index (χ4n) is 4.51. The van der Waals surface area contributed by atoms with Gasteiger partial charge in [0.1, 0.15) is 5.75 Å². The first-order valence-electron chi connectivity index (χ1n) is 12.7. The van der Waals surface area contributed by atoms with Crippen molar-refractivity contribution in [1.29, 1.82) is 0 Å². The Balaban J connectivity index is 1.15. The van der Waals surface area contributed by atoms with E-state index in [4.69, 9.17) is 4.74 Å². The maximum Gasteiger partial charge on any atom is 0.417 e. The molecule has 0 aliphatic heterocycles. The van der Waals surface area contributed by atoms with Gasteiger partial charge in [-0.15, -0.1) is 0 Å². The highest BCUT2D eigenvalue weighted by atomic mass is 19.4. The predicted molar refractivity (Wildman–Crippen MR) is 142 cm³/mol. The Morgan fingerprint density at radius 2 is 1.83 bits per heavy atom. The molecule has 0 saturated heterocycles. The lowest BCUT2D eigenvalue weighted by atomic mass is 9.89. The number of nitrogens with one attached hydrogen (secondary N) is 2. The zero-order valence-electron chi connectivity index (χ0n) is 21.5. The Labute approximate surface area is 232 Å². The molecule has 5 rings (SSSR count). The number of carboxylic acid groups (broad SMARTS) is 1. The average molecular weight is 564 g/mol. The van der Waals surface area contributed by atoms with Crippen LogP contribution in [0.15, 0.2) is 72.7 Å². The Kier molecular flexibility index (Phi) is 7.81. The molecular formula is C29H24F3N5O4. The van der Waals surface area contributed by atoms with E-state index in [1.165, 1.54) is 24.0 Å². The van der Waals surface area contributed by atoms with Crippen molar-refractivity contribution in [3.8, 4) is 22.9 Å². The number of amides is 1. The van der Waals surface area contributed by atoms with Crippen LogP contribution in [0.3, 0.4) is 0 Å². The van der Waals surface area contributed by atoms with E-state index < -0.39 is 17.7 Å². The van der Waals surface area contributed by atoms with E-state index in [-0.39, 0.29) is 23.5 Å². The molecule has 12 heteroatoms. The quantitative estimate of drug-likeness (QED) is 0.247. The summed E-state index contributed by atoms with van der Waals surface area (Å²) in [4.78, 5) is 32.0. The van der Waals surface area contributed by atoms with Crippen LogP contribution in [-0.4, -0.2) is 43.2 Å². The summed E-state index contributed by atoms with van der Waals surface area (Å²) in [6.07, 6.45) is 4.19. The number of benzene rings is 1. The molecular weight excluding hydrogens is 539 g/mol. The SMILES string of the molecule is O=C(NC1CCC(=Cc2cccc(Oc3ccc(C(F)(F)F)cn3)c2)CC1)c1ccc(-c2cn[nH]c2C(=O)O)nc1. The second-order valence-corrected chi connectivity index (χ2v) is 9.50. The number of aromatic nitrogens is 4. The molecule has 0 spiro atoms.